The quantitative estimate of drug-likeness (QED) is 0.732. The maximum absolute atomic E-state index is 11.7. The SMILES string of the molecule is COC(=O)c1nc(C)c2oc(-c3ccc(C)cc3)cc2c1O. The third-order valence-corrected chi connectivity index (χ3v) is 3.53. The van der Waals surface area contributed by atoms with Crippen molar-refractivity contribution in [3.63, 3.8) is 0 Å². The number of hydrogen-bond donors (Lipinski definition) is 1. The highest BCUT2D eigenvalue weighted by Gasteiger charge is 2.21. The maximum atomic E-state index is 11.7. The fourth-order valence-corrected chi connectivity index (χ4v) is 2.33. The van der Waals surface area contributed by atoms with Gasteiger partial charge in [-0.3, -0.25) is 0 Å². The van der Waals surface area contributed by atoms with Crippen LogP contribution in [0.1, 0.15) is 21.7 Å². The van der Waals surface area contributed by atoms with E-state index < -0.39 is 5.97 Å². The van der Waals surface area contributed by atoms with Gasteiger partial charge in [0.1, 0.15) is 5.76 Å². The molecule has 5 heteroatoms. The molecule has 1 aromatic carbocycles. The first kappa shape index (κ1) is 14.1. The van der Waals surface area contributed by atoms with Crippen molar-refractivity contribution in [3.05, 3.63) is 47.3 Å². The first-order chi connectivity index (χ1) is 10.5. The average molecular weight is 297 g/mol. The Morgan fingerprint density at radius 1 is 1.23 bits per heavy atom. The molecule has 3 rings (SSSR count). The molecular formula is C17H15NO4. The Morgan fingerprint density at radius 2 is 1.91 bits per heavy atom. The fourth-order valence-electron chi connectivity index (χ4n) is 2.33. The molecule has 0 aliphatic heterocycles. The van der Waals surface area contributed by atoms with Gasteiger partial charge in [-0.1, -0.05) is 29.8 Å². The molecule has 0 aliphatic carbocycles. The van der Waals surface area contributed by atoms with Gasteiger partial charge >= 0.3 is 5.97 Å². The zero-order valence-electron chi connectivity index (χ0n) is 12.5. The van der Waals surface area contributed by atoms with Gasteiger partial charge < -0.3 is 14.3 Å². The van der Waals surface area contributed by atoms with E-state index in [0.717, 1.165) is 11.1 Å². The van der Waals surface area contributed by atoms with E-state index in [1.807, 2.05) is 31.2 Å². The number of nitrogens with zero attached hydrogens (tertiary/aromatic N) is 1. The second-order valence-corrected chi connectivity index (χ2v) is 5.11. The predicted octanol–water partition coefficient (Wildman–Crippen LogP) is 3.60. The third kappa shape index (κ3) is 2.20. The van der Waals surface area contributed by atoms with E-state index in [9.17, 15) is 9.90 Å². The van der Waals surface area contributed by atoms with Gasteiger partial charge in [0.2, 0.25) is 0 Å². The summed E-state index contributed by atoms with van der Waals surface area (Å²) in [5, 5.41) is 10.7. The fraction of sp³-hybridized carbons (Fsp3) is 0.176. The van der Waals surface area contributed by atoms with E-state index in [0.29, 0.717) is 22.4 Å². The van der Waals surface area contributed by atoms with Gasteiger partial charge in [0, 0.05) is 5.56 Å². The number of pyridine rings is 1. The minimum Gasteiger partial charge on any atom is -0.505 e. The van der Waals surface area contributed by atoms with Crippen molar-refractivity contribution < 1.29 is 19.1 Å². The van der Waals surface area contributed by atoms with E-state index >= 15 is 0 Å². The van der Waals surface area contributed by atoms with E-state index in [1.165, 1.54) is 7.11 Å². The lowest BCUT2D eigenvalue weighted by Crippen LogP contribution is -2.05. The van der Waals surface area contributed by atoms with Crippen molar-refractivity contribution >= 4 is 16.9 Å². The lowest BCUT2D eigenvalue weighted by molar-refractivity contribution is 0.0590. The highest BCUT2D eigenvalue weighted by atomic mass is 16.5. The van der Waals surface area contributed by atoms with Crippen molar-refractivity contribution in [2.24, 2.45) is 0 Å². The summed E-state index contributed by atoms with van der Waals surface area (Å²) in [5.74, 6) is -0.299. The summed E-state index contributed by atoms with van der Waals surface area (Å²) in [6.45, 7) is 3.72. The van der Waals surface area contributed by atoms with Gasteiger partial charge in [0.25, 0.3) is 0 Å². The van der Waals surface area contributed by atoms with Gasteiger partial charge in [-0.25, -0.2) is 9.78 Å². The molecule has 0 amide bonds. The molecular weight excluding hydrogens is 282 g/mol. The molecule has 2 heterocycles. The van der Waals surface area contributed by atoms with Crippen molar-refractivity contribution in [1.82, 2.24) is 4.98 Å². The largest absolute Gasteiger partial charge is 0.505 e. The van der Waals surface area contributed by atoms with Crippen LogP contribution >= 0.6 is 0 Å². The standard InChI is InChI=1S/C17H15NO4/c1-9-4-6-11(7-5-9)13-8-12-15(19)14(17(20)21-3)18-10(2)16(12)22-13/h4-8,19H,1-3H3. The molecule has 0 unspecified atom stereocenters. The summed E-state index contributed by atoms with van der Waals surface area (Å²) in [7, 11) is 1.25. The van der Waals surface area contributed by atoms with E-state index in [2.05, 4.69) is 9.72 Å². The summed E-state index contributed by atoms with van der Waals surface area (Å²) in [4.78, 5) is 15.7. The van der Waals surface area contributed by atoms with Crippen LogP contribution in [0.15, 0.2) is 34.7 Å². The number of carbonyl (C=O) groups excluding carboxylic acids is 1. The molecule has 0 saturated heterocycles. The van der Waals surface area contributed by atoms with Crippen LogP contribution < -0.4 is 0 Å². The molecule has 1 N–H and O–H groups in total. The predicted molar refractivity (Wildman–Crippen MR) is 81.9 cm³/mol. The average Bonchev–Trinajstić information content (AvgIpc) is 2.97. The molecule has 112 valence electrons. The van der Waals surface area contributed by atoms with E-state index in [-0.39, 0.29) is 11.4 Å². The van der Waals surface area contributed by atoms with E-state index in [4.69, 9.17) is 4.42 Å². The topological polar surface area (TPSA) is 72.6 Å². The van der Waals surface area contributed by atoms with Crippen LogP contribution in [0, 0.1) is 13.8 Å². The second-order valence-electron chi connectivity index (χ2n) is 5.11. The molecule has 0 atom stereocenters. The Kier molecular flexibility index (Phi) is 3.33. The van der Waals surface area contributed by atoms with Gasteiger partial charge in [0.05, 0.1) is 18.2 Å². The van der Waals surface area contributed by atoms with Crippen molar-refractivity contribution in [1.29, 1.82) is 0 Å². The minimum atomic E-state index is -0.680. The molecule has 0 radical (unpaired) electrons. The molecule has 2 aromatic heterocycles. The highest BCUT2D eigenvalue weighted by Crippen LogP contribution is 2.36. The van der Waals surface area contributed by atoms with Crippen LogP contribution in [0.4, 0.5) is 0 Å². The number of hydrogen-bond acceptors (Lipinski definition) is 5. The van der Waals surface area contributed by atoms with Crippen LogP contribution in [0.3, 0.4) is 0 Å². The van der Waals surface area contributed by atoms with Gasteiger partial charge in [-0.2, -0.15) is 0 Å². The molecule has 22 heavy (non-hydrogen) atoms. The molecule has 0 fully saturated rings. The lowest BCUT2D eigenvalue weighted by atomic mass is 10.1. The molecule has 0 saturated carbocycles. The highest BCUT2D eigenvalue weighted by molar-refractivity contribution is 5.99. The smallest absolute Gasteiger partial charge is 0.360 e. The number of fused-ring (bicyclic) bond motifs is 1. The van der Waals surface area contributed by atoms with Crippen LogP contribution in [0.2, 0.25) is 0 Å². The zero-order valence-corrected chi connectivity index (χ0v) is 12.5. The Morgan fingerprint density at radius 3 is 2.55 bits per heavy atom. The van der Waals surface area contributed by atoms with Crippen molar-refractivity contribution in [3.8, 4) is 17.1 Å². The summed E-state index contributed by atoms with van der Waals surface area (Å²) in [5.41, 5.74) is 2.91. The Bertz CT molecular complexity index is 862. The number of esters is 1. The Balaban J connectivity index is 2.21. The number of rotatable bonds is 2. The molecule has 0 spiro atoms. The number of methoxy groups -OCH3 is 1. The summed E-state index contributed by atoms with van der Waals surface area (Å²) in [6.07, 6.45) is 0. The van der Waals surface area contributed by atoms with Crippen LogP contribution in [-0.2, 0) is 4.74 Å². The van der Waals surface area contributed by atoms with Crippen LogP contribution in [0.5, 0.6) is 5.75 Å². The number of aromatic hydroxyl groups is 1. The number of furan rings is 1. The first-order valence-electron chi connectivity index (χ1n) is 6.79. The van der Waals surface area contributed by atoms with Gasteiger partial charge in [-0.05, 0) is 19.9 Å². The maximum Gasteiger partial charge on any atom is 0.360 e. The number of aryl methyl sites for hydroxylation is 2. The number of ether oxygens (including phenoxy) is 1. The lowest BCUT2D eigenvalue weighted by Gasteiger charge is -2.03. The van der Waals surface area contributed by atoms with Crippen molar-refractivity contribution in [2.45, 2.75) is 13.8 Å². The monoisotopic (exact) mass is 297 g/mol. The zero-order chi connectivity index (χ0) is 15.9. The number of aromatic nitrogens is 1. The van der Waals surface area contributed by atoms with Crippen LogP contribution in [0.25, 0.3) is 22.3 Å². The third-order valence-electron chi connectivity index (χ3n) is 3.53. The summed E-state index contributed by atoms with van der Waals surface area (Å²) < 4.78 is 10.4. The second kappa shape index (κ2) is 5.18. The minimum absolute atomic E-state index is 0.108. The number of benzene rings is 1. The van der Waals surface area contributed by atoms with Gasteiger partial charge in [0.15, 0.2) is 17.0 Å². The Hall–Kier alpha value is -2.82. The number of carbonyl (C=O) groups is 1. The van der Waals surface area contributed by atoms with E-state index in [1.54, 1.807) is 13.0 Å². The van der Waals surface area contributed by atoms with Crippen molar-refractivity contribution in [2.75, 3.05) is 7.11 Å². The summed E-state index contributed by atoms with van der Waals surface area (Å²) in [6, 6.07) is 9.54. The normalized spacial score (nSPS) is 10.9. The van der Waals surface area contributed by atoms with Crippen LogP contribution in [-0.4, -0.2) is 23.2 Å². The van der Waals surface area contributed by atoms with Gasteiger partial charge in [-0.15, -0.1) is 0 Å². The molecule has 3 aromatic rings. The molecule has 0 aliphatic rings. The molecule has 5 nitrogen and oxygen atoms in total. The first-order valence-corrected chi connectivity index (χ1v) is 6.79. The molecule has 0 bridgehead atoms. The summed E-state index contributed by atoms with van der Waals surface area (Å²) >= 11 is 0. The Labute approximate surface area is 127 Å².